The van der Waals surface area contributed by atoms with E-state index in [-0.39, 0.29) is 22.6 Å². The van der Waals surface area contributed by atoms with Gasteiger partial charge in [-0.25, -0.2) is 14.2 Å². The van der Waals surface area contributed by atoms with E-state index in [0.29, 0.717) is 38.0 Å². The van der Waals surface area contributed by atoms with Gasteiger partial charge in [0.05, 0.1) is 36.6 Å². The second-order valence-corrected chi connectivity index (χ2v) is 12.0. The van der Waals surface area contributed by atoms with Gasteiger partial charge in [-0.2, -0.15) is 13.2 Å². The fourth-order valence-corrected chi connectivity index (χ4v) is 5.29. The number of ether oxygens (including phenoxy) is 3. The van der Waals surface area contributed by atoms with Crippen LogP contribution in [0.2, 0.25) is 0 Å². The highest BCUT2D eigenvalue weighted by molar-refractivity contribution is 6.12. The van der Waals surface area contributed by atoms with Crippen LogP contribution in [-0.4, -0.2) is 67.9 Å². The van der Waals surface area contributed by atoms with E-state index in [2.05, 4.69) is 15.6 Å². The van der Waals surface area contributed by atoms with E-state index in [1.807, 2.05) is 4.90 Å². The molecule has 0 radical (unpaired) electrons. The number of pyridine rings is 1. The largest absolute Gasteiger partial charge is 0.497 e. The molecule has 14 heteroatoms. The summed E-state index contributed by atoms with van der Waals surface area (Å²) in [5.74, 6) is -1.70. The van der Waals surface area contributed by atoms with Crippen LogP contribution in [0.25, 0.3) is 10.9 Å². The molecule has 1 aromatic heterocycles. The number of piperazine rings is 1. The molecule has 0 saturated carbocycles. The van der Waals surface area contributed by atoms with Crippen LogP contribution in [0.4, 0.5) is 45.2 Å². The van der Waals surface area contributed by atoms with E-state index in [4.69, 9.17) is 14.2 Å². The standard InChI is InChI=1S/C34H35F4N5O5/c1-33(2,3)48-32(45)43-16-14-42(15-17-43)22-9-13-26(27(19-22)47-5)41-30-28(31(44)39-21-7-10-23(46-4)11-8-21)29(34(36,37)38)24-18-20(35)6-12-25(24)40-30/h6-13,18-19H,14-17H2,1-5H3,(H,39,44)(H,40,41). The number of carbonyl (C=O) groups excluding carboxylic acids is 2. The van der Waals surface area contributed by atoms with Crippen molar-refractivity contribution >= 4 is 45.8 Å². The molecule has 0 atom stereocenters. The minimum atomic E-state index is -5.06. The highest BCUT2D eigenvalue weighted by Gasteiger charge is 2.40. The maximum absolute atomic E-state index is 14.8. The van der Waals surface area contributed by atoms with E-state index in [1.165, 1.54) is 38.5 Å². The first-order valence-corrected chi connectivity index (χ1v) is 15.0. The molecule has 2 amide bonds. The lowest BCUT2D eigenvalue weighted by atomic mass is 10.0. The number of nitrogens with one attached hydrogen (secondary N) is 2. The number of fused-ring (bicyclic) bond motifs is 1. The van der Waals surface area contributed by atoms with Crippen molar-refractivity contribution < 1.29 is 41.4 Å². The van der Waals surface area contributed by atoms with Gasteiger partial charge in [0.1, 0.15) is 28.7 Å². The van der Waals surface area contributed by atoms with Crippen molar-refractivity contribution in [3.63, 3.8) is 0 Å². The van der Waals surface area contributed by atoms with Crippen molar-refractivity contribution in [2.24, 2.45) is 0 Å². The van der Waals surface area contributed by atoms with Crippen molar-refractivity contribution in [3.8, 4) is 11.5 Å². The van der Waals surface area contributed by atoms with Gasteiger partial charge < -0.3 is 34.6 Å². The van der Waals surface area contributed by atoms with Gasteiger partial charge in [-0.05, 0) is 75.4 Å². The lowest BCUT2D eigenvalue weighted by Crippen LogP contribution is -2.50. The van der Waals surface area contributed by atoms with Gasteiger partial charge in [0.15, 0.2) is 0 Å². The SMILES string of the molecule is COc1ccc(NC(=O)c2c(Nc3ccc(N4CCN(C(=O)OC(C)(C)C)CC4)cc3OC)nc3ccc(F)cc3c2C(F)(F)F)cc1. The molecule has 2 N–H and O–H groups in total. The van der Waals surface area contributed by atoms with Gasteiger partial charge in [-0.3, -0.25) is 4.79 Å². The van der Waals surface area contributed by atoms with Gasteiger partial charge >= 0.3 is 12.3 Å². The van der Waals surface area contributed by atoms with Crippen LogP contribution in [-0.2, 0) is 10.9 Å². The summed E-state index contributed by atoms with van der Waals surface area (Å²) in [5.41, 5.74) is -1.79. The molecule has 3 aromatic carbocycles. The van der Waals surface area contributed by atoms with Gasteiger partial charge in [0.2, 0.25) is 0 Å². The fraction of sp³-hybridized carbons (Fsp3) is 0.324. The predicted octanol–water partition coefficient (Wildman–Crippen LogP) is 7.46. The van der Waals surface area contributed by atoms with E-state index in [0.717, 1.165) is 17.8 Å². The molecule has 254 valence electrons. The molecule has 1 saturated heterocycles. The highest BCUT2D eigenvalue weighted by Crippen LogP contribution is 2.42. The topological polar surface area (TPSA) is 105 Å². The smallest absolute Gasteiger partial charge is 0.417 e. The first-order valence-electron chi connectivity index (χ1n) is 15.0. The maximum atomic E-state index is 14.8. The number of alkyl halides is 3. The van der Waals surface area contributed by atoms with Crippen LogP contribution in [0.1, 0.15) is 36.7 Å². The van der Waals surface area contributed by atoms with Crippen LogP contribution < -0.4 is 25.0 Å². The van der Waals surface area contributed by atoms with Crippen LogP contribution in [0.15, 0.2) is 60.7 Å². The van der Waals surface area contributed by atoms with Crippen molar-refractivity contribution in [2.45, 2.75) is 32.5 Å². The van der Waals surface area contributed by atoms with Gasteiger partial charge in [0, 0.05) is 49.0 Å². The van der Waals surface area contributed by atoms with Crippen molar-refractivity contribution in [3.05, 3.63) is 77.6 Å². The number of hydrogen-bond acceptors (Lipinski definition) is 8. The summed E-state index contributed by atoms with van der Waals surface area (Å²) in [6, 6.07) is 13.9. The van der Waals surface area contributed by atoms with E-state index in [1.54, 1.807) is 43.9 Å². The number of carbonyl (C=O) groups is 2. The summed E-state index contributed by atoms with van der Waals surface area (Å²) in [4.78, 5) is 34.1. The number of rotatable bonds is 7. The molecule has 0 bridgehead atoms. The highest BCUT2D eigenvalue weighted by atomic mass is 19.4. The Morgan fingerprint density at radius 3 is 2.17 bits per heavy atom. The molecule has 5 rings (SSSR count). The van der Waals surface area contributed by atoms with E-state index in [9.17, 15) is 27.2 Å². The minimum Gasteiger partial charge on any atom is -0.497 e. The molecule has 4 aromatic rings. The summed E-state index contributed by atoms with van der Waals surface area (Å²) in [7, 11) is 2.86. The zero-order chi connectivity index (χ0) is 34.8. The monoisotopic (exact) mass is 669 g/mol. The number of hydrogen-bond donors (Lipinski definition) is 2. The second kappa shape index (κ2) is 13.5. The molecule has 2 heterocycles. The first kappa shape index (κ1) is 34.1. The lowest BCUT2D eigenvalue weighted by Gasteiger charge is -2.37. The molecule has 10 nitrogen and oxygen atoms in total. The average molecular weight is 670 g/mol. The Bertz CT molecular complexity index is 1820. The fourth-order valence-electron chi connectivity index (χ4n) is 5.29. The number of amides is 2. The Hall–Kier alpha value is -5.27. The Balaban J connectivity index is 1.49. The number of methoxy groups -OCH3 is 2. The molecule has 48 heavy (non-hydrogen) atoms. The van der Waals surface area contributed by atoms with Crippen LogP contribution in [0.3, 0.4) is 0 Å². The molecule has 1 aliphatic heterocycles. The first-order chi connectivity index (χ1) is 22.7. The number of halogens is 4. The Labute approximate surface area is 274 Å². The number of benzene rings is 3. The third-order valence-corrected chi connectivity index (χ3v) is 7.54. The number of nitrogens with zero attached hydrogens (tertiary/aromatic N) is 3. The molecule has 0 unspecified atom stereocenters. The predicted molar refractivity (Wildman–Crippen MR) is 174 cm³/mol. The van der Waals surface area contributed by atoms with E-state index < -0.39 is 51.9 Å². The normalized spacial score (nSPS) is 13.7. The average Bonchev–Trinajstić information content (AvgIpc) is 3.03. The lowest BCUT2D eigenvalue weighted by molar-refractivity contribution is -0.136. The quantitative estimate of drug-likeness (QED) is 0.196. The molecule has 0 aliphatic carbocycles. The zero-order valence-corrected chi connectivity index (χ0v) is 27.0. The molecule has 1 aliphatic rings. The zero-order valence-electron chi connectivity index (χ0n) is 27.0. The summed E-state index contributed by atoms with van der Waals surface area (Å²) in [6.45, 7) is 7.26. The summed E-state index contributed by atoms with van der Waals surface area (Å²) in [6.07, 6.45) is -5.46. The minimum absolute atomic E-state index is 0.175. The molecular weight excluding hydrogens is 634 g/mol. The Kier molecular flexibility index (Phi) is 9.55. The molecule has 1 fully saturated rings. The third kappa shape index (κ3) is 7.64. The molecule has 0 spiro atoms. The van der Waals surface area contributed by atoms with Gasteiger partial charge in [0.25, 0.3) is 5.91 Å². The van der Waals surface area contributed by atoms with Crippen molar-refractivity contribution in [2.75, 3.05) is 55.9 Å². The van der Waals surface area contributed by atoms with Crippen molar-refractivity contribution in [1.82, 2.24) is 9.88 Å². The van der Waals surface area contributed by atoms with Crippen molar-refractivity contribution in [1.29, 1.82) is 0 Å². The summed E-state index contributed by atoms with van der Waals surface area (Å²) in [5, 5.41) is 4.79. The molecular formula is C34H35F4N5O5. The maximum Gasteiger partial charge on any atom is 0.417 e. The third-order valence-electron chi connectivity index (χ3n) is 7.54. The van der Waals surface area contributed by atoms with Gasteiger partial charge in [-0.15, -0.1) is 0 Å². The van der Waals surface area contributed by atoms with Crippen LogP contribution in [0, 0.1) is 5.82 Å². The summed E-state index contributed by atoms with van der Waals surface area (Å²) >= 11 is 0. The Morgan fingerprint density at radius 1 is 0.875 bits per heavy atom. The van der Waals surface area contributed by atoms with Crippen LogP contribution >= 0.6 is 0 Å². The number of aromatic nitrogens is 1. The second-order valence-electron chi connectivity index (χ2n) is 12.0. The Morgan fingerprint density at radius 2 is 1.56 bits per heavy atom. The van der Waals surface area contributed by atoms with E-state index >= 15 is 0 Å². The van der Waals surface area contributed by atoms with Crippen LogP contribution in [0.5, 0.6) is 11.5 Å². The van der Waals surface area contributed by atoms with Gasteiger partial charge in [-0.1, -0.05) is 0 Å². The summed E-state index contributed by atoms with van der Waals surface area (Å²) < 4.78 is 74.7. The number of anilines is 4.